The summed E-state index contributed by atoms with van der Waals surface area (Å²) < 4.78 is 0. The maximum Gasteiger partial charge on any atom is -0.00773 e. The molecule has 2 N–H and O–H groups in total. The number of nitrogens with two attached hydrogens (primary N) is 1. The van der Waals surface area contributed by atoms with E-state index in [1.54, 1.807) is 0 Å². The Morgan fingerprint density at radius 2 is 0.667 bits per heavy atom. The van der Waals surface area contributed by atoms with E-state index in [1.807, 2.05) is 0 Å². The summed E-state index contributed by atoms with van der Waals surface area (Å²) in [5.41, 5.74) is 6.04. The van der Waals surface area contributed by atoms with Crippen molar-refractivity contribution in [1.29, 1.82) is 0 Å². The van der Waals surface area contributed by atoms with Crippen molar-refractivity contribution in [1.82, 2.24) is 0 Å². The van der Waals surface area contributed by atoms with Crippen molar-refractivity contribution >= 4 is 0 Å². The van der Waals surface area contributed by atoms with Gasteiger partial charge in [-0.25, -0.2) is 0 Å². The van der Waals surface area contributed by atoms with Crippen molar-refractivity contribution in [3.8, 4) is 0 Å². The Morgan fingerprint density at radius 3 is 0.917 bits per heavy atom. The summed E-state index contributed by atoms with van der Waals surface area (Å²) >= 11 is 0. The SMILES string of the molecule is CC(C)(C)CCCCCCCCCCCCCCCCCCCN. The van der Waals surface area contributed by atoms with E-state index in [0.29, 0.717) is 5.41 Å². The molecule has 146 valence electrons. The van der Waals surface area contributed by atoms with Gasteiger partial charge in [-0.15, -0.1) is 0 Å². The van der Waals surface area contributed by atoms with Gasteiger partial charge in [0.25, 0.3) is 0 Å². The summed E-state index contributed by atoms with van der Waals surface area (Å²) in [5, 5.41) is 0. The summed E-state index contributed by atoms with van der Waals surface area (Å²) in [6.07, 6.45) is 25.8. The summed E-state index contributed by atoms with van der Waals surface area (Å²) in [7, 11) is 0. The molecule has 0 atom stereocenters. The molecule has 0 aromatic rings. The van der Waals surface area contributed by atoms with Crippen LogP contribution in [0.2, 0.25) is 0 Å². The molecule has 0 rings (SSSR count). The molecule has 0 fully saturated rings. The van der Waals surface area contributed by atoms with Crippen LogP contribution in [0.3, 0.4) is 0 Å². The quantitative estimate of drug-likeness (QED) is 0.251. The smallest absolute Gasteiger partial charge is 0.00773 e. The zero-order valence-electron chi connectivity index (χ0n) is 17.5. The van der Waals surface area contributed by atoms with Gasteiger partial charge in [-0.3, -0.25) is 0 Å². The Bertz CT molecular complexity index is 229. The normalized spacial score (nSPS) is 12.0. The zero-order chi connectivity index (χ0) is 17.9. The van der Waals surface area contributed by atoms with Crippen molar-refractivity contribution in [2.75, 3.05) is 6.54 Å². The molecule has 0 heterocycles. The molecule has 0 aliphatic heterocycles. The Kier molecular flexibility index (Phi) is 17.7. The standard InChI is InChI=1S/C23H49N/c1-23(2,3)21-19-17-15-13-11-9-7-5-4-6-8-10-12-14-16-18-20-22-24/h4-22,24H2,1-3H3. The van der Waals surface area contributed by atoms with E-state index >= 15 is 0 Å². The monoisotopic (exact) mass is 339 g/mol. The van der Waals surface area contributed by atoms with Crippen LogP contribution in [0.5, 0.6) is 0 Å². The molecule has 0 unspecified atom stereocenters. The molecule has 0 aromatic carbocycles. The van der Waals surface area contributed by atoms with Gasteiger partial charge < -0.3 is 5.73 Å². The van der Waals surface area contributed by atoms with E-state index in [2.05, 4.69) is 20.8 Å². The minimum absolute atomic E-state index is 0.532. The highest BCUT2D eigenvalue weighted by Gasteiger charge is 2.08. The highest BCUT2D eigenvalue weighted by Crippen LogP contribution is 2.22. The molecule has 1 nitrogen and oxygen atoms in total. The van der Waals surface area contributed by atoms with Gasteiger partial charge in [0.1, 0.15) is 0 Å². The fourth-order valence-corrected chi connectivity index (χ4v) is 3.45. The van der Waals surface area contributed by atoms with Crippen LogP contribution in [-0.4, -0.2) is 6.54 Å². The van der Waals surface area contributed by atoms with Crippen LogP contribution in [0.4, 0.5) is 0 Å². The second kappa shape index (κ2) is 17.8. The van der Waals surface area contributed by atoms with Crippen molar-refractivity contribution in [3.63, 3.8) is 0 Å². The van der Waals surface area contributed by atoms with Crippen molar-refractivity contribution in [2.24, 2.45) is 11.1 Å². The second-order valence-corrected chi connectivity index (χ2v) is 9.11. The average Bonchev–Trinajstić information content (AvgIpc) is 2.52. The Morgan fingerprint density at radius 1 is 0.417 bits per heavy atom. The number of unbranched alkanes of at least 4 members (excludes halogenated alkanes) is 16. The molecule has 0 bridgehead atoms. The predicted molar refractivity (Wildman–Crippen MR) is 112 cm³/mol. The van der Waals surface area contributed by atoms with Gasteiger partial charge in [-0.05, 0) is 24.8 Å². The van der Waals surface area contributed by atoms with Gasteiger partial charge in [0, 0.05) is 0 Å². The first-order valence-electron chi connectivity index (χ1n) is 11.3. The van der Waals surface area contributed by atoms with Gasteiger partial charge in [-0.1, -0.05) is 124 Å². The van der Waals surface area contributed by atoms with Crippen molar-refractivity contribution in [2.45, 2.75) is 136 Å². The summed E-state index contributed by atoms with van der Waals surface area (Å²) in [6.45, 7) is 7.94. The molecule has 0 saturated carbocycles. The van der Waals surface area contributed by atoms with Gasteiger partial charge in [-0.2, -0.15) is 0 Å². The first-order valence-corrected chi connectivity index (χ1v) is 11.3. The summed E-state index contributed by atoms with van der Waals surface area (Å²) in [5.74, 6) is 0. The minimum Gasteiger partial charge on any atom is -0.330 e. The number of rotatable bonds is 18. The van der Waals surface area contributed by atoms with Crippen LogP contribution < -0.4 is 5.73 Å². The lowest BCUT2D eigenvalue weighted by molar-refractivity contribution is 0.356. The number of hydrogen-bond acceptors (Lipinski definition) is 1. The lowest BCUT2D eigenvalue weighted by Gasteiger charge is -2.17. The molecule has 0 aliphatic rings. The largest absolute Gasteiger partial charge is 0.330 e. The van der Waals surface area contributed by atoms with E-state index in [9.17, 15) is 0 Å². The molecule has 0 aliphatic carbocycles. The number of hydrogen-bond donors (Lipinski definition) is 1. The van der Waals surface area contributed by atoms with E-state index in [-0.39, 0.29) is 0 Å². The lowest BCUT2D eigenvalue weighted by Crippen LogP contribution is -2.03. The molecule has 1 heteroatoms. The van der Waals surface area contributed by atoms with Gasteiger partial charge >= 0.3 is 0 Å². The molecule has 0 aromatic heterocycles. The van der Waals surface area contributed by atoms with Crippen molar-refractivity contribution < 1.29 is 0 Å². The van der Waals surface area contributed by atoms with Crippen LogP contribution in [0.25, 0.3) is 0 Å². The second-order valence-electron chi connectivity index (χ2n) is 9.11. The molecule has 0 spiro atoms. The van der Waals surface area contributed by atoms with Crippen LogP contribution in [0, 0.1) is 5.41 Å². The highest BCUT2D eigenvalue weighted by molar-refractivity contribution is 4.61. The Hall–Kier alpha value is -0.0400. The third kappa shape index (κ3) is 22.0. The van der Waals surface area contributed by atoms with Gasteiger partial charge in [0.05, 0.1) is 0 Å². The van der Waals surface area contributed by atoms with E-state index in [0.717, 1.165) is 6.54 Å². The van der Waals surface area contributed by atoms with E-state index < -0.39 is 0 Å². The average molecular weight is 340 g/mol. The van der Waals surface area contributed by atoms with Crippen LogP contribution >= 0.6 is 0 Å². The maximum absolute atomic E-state index is 5.51. The van der Waals surface area contributed by atoms with Gasteiger partial charge in [0.15, 0.2) is 0 Å². The summed E-state index contributed by atoms with van der Waals surface area (Å²) in [6, 6.07) is 0. The predicted octanol–water partition coefficient (Wildman–Crippen LogP) is 8.01. The molecule has 0 saturated heterocycles. The molecule has 24 heavy (non-hydrogen) atoms. The third-order valence-electron chi connectivity index (χ3n) is 5.13. The summed E-state index contributed by atoms with van der Waals surface area (Å²) in [4.78, 5) is 0. The van der Waals surface area contributed by atoms with Gasteiger partial charge in [0.2, 0.25) is 0 Å². The fraction of sp³-hybridized carbons (Fsp3) is 1.00. The van der Waals surface area contributed by atoms with E-state index in [4.69, 9.17) is 5.73 Å². The Labute approximate surface area is 154 Å². The van der Waals surface area contributed by atoms with Crippen molar-refractivity contribution in [3.05, 3.63) is 0 Å². The highest BCUT2D eigenvalue weighted by atomic mass is 14.5. The molecular weight excluding hydrogens is 290 g/mol. The third-order valence-corrected chi connectivity index (χ3v) is 5.13. The fourth-order valence-electron chi connectivity index (χ4n) is 3.45. The zero-order valence-corrected chi connectivity index (χ0v) is 17.5. The molecule has 0 amide bonds. The van der Waals surface area contributed by atoms with Crippen LogP contribution in [0.15, 0.2) is 0 Å². The maximum atomic E-state index is 5.51. The first-order chi connectivity index (χ1) is 11.6. The molecular formula is C23H49N. The lowest BCUT2D eigenvalue weighted by atomic mass is 9.89. The van der Waals surface area contributed by atoms with E-state index in [1.165, 1.54) is 116 Å². The topological polar surface area (TPSA) is 26.0 Å². The van der Waals surface area contributed by atoms with Crippen LogP contribution in [0.1, 0.15) is 136 Å². The Balaban J connectivity index is 3.00. The van der Waals surface area contributed by atoms with Crippen LogP contribution in [-0.2, 0) is 0 Å². The first kappa shape index (κ1) is 24.0. The molecule has 0 radical (unpaired) electrons. The minimum atomic E-state index is 0.532.